The number of aryl methyl sites for hydroxylation is 1. The lowest BCUT2D eigenvalue weighted by Crippen LogP contribution is -2.29. The molecule has 1 N–H and O–H groups in total. The Bertz CT molecular complexity index is 1350. The largest absolute Gasteiger partial charge is 0.497 e. The van der Waals surface area contributed by atoms with Crippen LogP contribution in [0.25, 0.3) is 5.69 Å². The maximum Gasteiger partial charge on any atom is 0.174 e. The van der Waals surface area contributed by atoms with Crippen molar-refractivity contribution >= 4 is 23.0 Å². The van der Waals surface area contributed by atoms with Crippen LogP contribution in [0.1, 0.15) is 34.7 Å². The van der Waals surface area contributed by atoms with Crippen LogP contribution >= 0.6 is 12.2 Å². The van der Waals surface area contributed by atoms with Crippen molar-refractivity contribution < 1.29 is 9.13 Å². The van der Waals surface area contributed by atoms with Crippen LogP contribution < -0.4 is 15.0 Å². The molecule has 34 heavy (non-hydrogen) atoms. The first-order chi connectivity index (χ1) is 16.5. The Balaban J connectivity index is 1.70. The van der Waals surface area contributed by atoms with Gasteiger partial charge in [0.1, 0.15) is 11.6 Å². The zero-order chi connectivity index (χ0) is 23.8. The van der Waals surface area contributed by atoms with Gasteiger partial charge in [0.25, 0.3) is 0 Å². The normalized spacial score (nSPS) is 17.6. The molecule has 2 atom stereocenters. The molecule has 5 rings (SSSR count). The molecule has 7 heteroatoms. The van der Waals surface area contributed by atoms with Gasteiger partial charge < -0.3 is 19.5 Å². The van der Waals surface area contributed by atoms with E-state index in [0.717, 1.165) is 34.1 Å². The summed E-state index contributed by atoms with van der Waals surface area (Å²) in [5.74, 6) is 0.485. The molecule has 3 heterocycles. The second-order valence-electron chi connectivity index (χ2n) is 8.31. The Hall–Kier alpha value is -3.71. The Morgan fingerprint density at radius 3 is 2.53 bits per heavy atom. The fourth-order valence-corrected chi connectivity index (χ4v) is 5.15. The van der Waals surface area contributed by atoms with Crippen LogP contribution in [0.3, 0.4) is 0 Å². The highest BCUT2D eigenvalue weighted by Gasteiger charge is 2.42. The van der Waals surface area contributed by atoms with Crippen molar-refractivity contribution in [2.75, 3.05) is 12.0 Å². The molecular formula is C27H25FN4OS. The number of ether oxygens (including phenoxy) is 1. The summed E-state index contributed by atoms with van der Waals surface area (Å²) in [5.41, 5.74) is 5.27. The standard InChI is InChI=1S/C27H25FN4OS/c1-17-15-21(18(2)31(17)24-13-5-4-11-22(24)28)26-25(23-12-6-7-14-29-23)30-27(34)32(26)19-9-8-10-20(16-19)33-3/h4-16,25-26H,1-3H3,(H,30,34)/t25-,26-/m0/s1. The number of pyridine rings is 1. The van der Waals surface area contributed by atoms with Gasteiger partial charge in [-0.15, -0.1) is 0 Å². The summed E-state index contributed by atoms with van der Waals surface area (Å²) in [6, 6.07) is 22.3. The predicted octanol–water partition coefficient (Wildman–Crippen LogP) is 5.81. The van der Waals surface area contributed by atoms with Gasteiger partial charge in [-0.3, -0.25) is 4.98 Å². The minimum atomic E-state index is -0.262. The molecule has 5 nitrogen and oxygen atoms in total. The monoisotopic (exact) mass is 472 g/mol. The first-order valence-electron chi connectivity index (χ1n) is 11.1. The number of thiocarbonyl (C=S) groups is 1. The third-order valence-electron chi connectivity index (χ3n) is 6.31. The Labute approximate surface area is 203 Å². The quantitative estimate of drug-likeness (QED) is 0.371. The van der Waals surface area contributed by atoms with Crippen molar-refractivity contribution in [2.45, 2.75) is 25.9 Å². The second kappa shape index (κ2) is 8.91. The van der Waals surface area contributed by atoms with E-state index in [4.69, 9.17) is 17.0 Å². The molecule has 0 radical (unpaired) electrons. The smallest absolute Gasteiger partial charge is 0.174 e. The Morgan fingerprint density at radius 2 is 1.79 bits per heavy atom. The zero-order valence-corrected chi connectivity index (χ0v) is 20.0. The van der Waals surface area contributed by atoms with E-state index >= 15 is 0 Å². The number of rotatable bonds is 5. The number of aromatic nitrogens is 2. The van der Waals surface area contributed by atoms with E-state index in [0.29, 0.717) is 10.8 Å². The van der Waals surface area contributed by atoms with Crippen molar-refractivity contribution in [3.63, 3.8) is 0 Å². The van der Waals surface area contributed by atoms with Crippen molar-refractivity contribution in [3.8, 4) is 11.4 Å². The molecule has 4 aromatic rings. The number of nitrogens with one attached hydrogen (secondary N) is 1. The molecular weight excluding hydrogens is 447 g/mol. The van der Waals surface area contributed by atoms with E-state index in [-0.39, 0.29) is 17.9 Å². The minimum absolute atomic E-state index is 0.186. The number of methoxy groups -OCH3 is 1. The van der Waals surface area contributed by atoms with Gasteiger partial charge in [0.2, 0.25) is 0 Å². The number of benzene rings is 2. The fraction of sp³-hybridized carbons (Fsp3) is 0.185. The van der Waals surface area contributed by atoms with Crippen LogP contribution in [0.15, 0.2) is 79.0 Å². The van der Waals surface area contributed by atoms with Gasteiger partial charge in [-0.05, 0) is 74.1 Å². The summed E-state index contributed by atoms with van der Waals surface area (Å²) in [5, 5.41) is 4.08. The summed E-state index contributed by atoms with van der Waals surface area (Å²) in [6.45, 7) is 4.02. The highest BCUT2D eigenvalue weighted by molar-refractivity contribution is 7.80. The average molecular weight is 473 g/mol. The Morgan fingerprint density at radius 1 is 1.00 bits per heavy atom. The van der Waals surface area contributed by atoms with Crippen molar-refractivity contribution in [1.29, 1.82) is 0 Å². The third-order valence-corrected chi connectivity index (χ3v) is 6.63. The molecule has 1 fully saturated rings. The van der Waals surface area contributed by atoms with Gasteiger partial charge in [-0.2, -0.15) is 0 Å². The topological polar surface area (TPSA) is 42.3 Å². The van der Waals surface area contributed by atoms with E-state index < -0.39 is 0 Å². The lowest BCUT2D eigenvalue weighted by Gasteiger charge is -2.28. The minimum Gasteiger partial charge on any atom is -0.497 e. The van der Waals surface area contributed by atoms with E-state index in [9.17, 15) is 4.39 Å². The second-order valence-corrected chi connectivity index (χ2v) is 8.70. The van der Waals surface area contributed by atoms with E-state index in [2.05, 4.69) is 21.3 Å². The number of nitrogens with zero attached hydrogens (tertiary/aromatic N) is 3. The summed E-state index contributed by atoms with van der Waals surface area (Å²) in [6.07, 6.45) is 1.79. The first kappa shape index (κ1) is 22.1. The molecule has 0 spiro atoms. The summed E-state index contributed by atoms with van der Waals surface area (Å²) < 4.78 is 22.2. The molecule has 1 aliphatic rings. The van der Waals surface area contributed by atoms with Gasteiger partial charge in [-0.25, -0.2) is 4.39 Å². The first-order valence-corrected chi connectivity index (χ1v) is 11.5. The van der Waals surface area contributed by atoms with E-state index in [1.54, 1.807) is 25.4 Å². The van der Waals surface area contributed by atoms with Crippen LogP contribution in [0.5, 0.6) is 5.75 Å². The maximum absolute atomic E-state index is 14.8. The molecule has 172 valence electrons. The van der Waals surface area contributed by atoms with Crippen LogP contribution in [-0.2, 0) is 0 Å². The van der Waals surface area contributed by atoms with Crippen molar-refractivity contribution in [3.05, 3.63) is 107 Å². The number of anilines is 1. The molecule has 0 aliphatic carbocycles. The number of hydrogen-bond donors (Lipinski definition) is 1. The molecule has 0 unspecified atom stereocenters. The van der Waals surface area contributed by atoms with E-state index in [1.165, 1.54) is 6.07 Å². The molecule has 1 aliphatic heterocycles. The predicted molar refractivity (Wildman–Crippen MR) is 136 cm³/mol. The number of hydrogen-bond acceptors (Lipinski definition) is 3. The SMILES string of the molecule is COc1cccc(N2C(=S)N[C@@H](c3ccccn3)[C@@H]2c2cc(C)n(-c3ccccc3F)c2C)c1. The highest BCUT2D eigenvalue weighted by Crippen LogP contribution is 2.44. The summed E-state index contributed by atoms with van der Waals surface area (Å²) >= 11 is 5.83. The van der Waals surface area contributed by atoms with Gasteiger partial charge in [0.15, 0.2) is 5.11 Å². The lowest BCUT2D eigenvalue weighted by molar-refractivity contribution is 0.415. The van der Waals surface area contributed by atoms with E-state index in [1.807, 2.05) is 66.9 Å². The molecule has 0 amide bonds. The summed E-state index contributed by atoms with van der Waals surface area (Å²) in [4.78, 5) is 6.73. The van der Waals surface area contributed by atoms with Gasteiger partial charge in [-0.1, -0.05) is 24.3 Å². The number of para-hydroxylation sites is 1. The Kier molecular flexibility index (Phi) is 5.79. The molecule has 0 bridgehead atoms. The lowest BCUT2D eigenvalue weighted by atomic mass is 9.96. The average Bonchev–Trinajstić information content (AvgIpc) is 3.35. The molecule has 1 saturated heterocycles. The van der Waals surface area contributed by atoms with Crippen LogP contribution in [0.2, 0.25) is 0 Å². The van der Waals surface area contributed by atoms with Crippen molar-refractivity contribution in [1.82, 2.24) is 14.9 Å². The van der Waals surface area contributed by atoms with Gasteiger partial charge in [0, 0.05) is 29.3 Å². The van der Waals surface area contributed by atoms with Gasteiger partial charge >= 0.3 is 0 Å². The zero-order valence-electron chi connectivity index (χ0n) is 19.2. The maximum atomic E-state index is 14.8. The molecule has 0 saturated carbocycles. The van der Waals surface area contributed by atoms with Crippen LogP contribution in [-0.4, -0.2) is 21.8 Å². The summed E-state index contributed by atoms with van der Waals surface area (Å²) in [7, 11) is 1.65. The van der Waals surface area contributed by atoms with Crippen LogP contribution in [0.4, 0.5) is 10.1 Å². The number of halogens is 1. The third kappa shape index (κ3) is 3.72. The van der Waals surface area contributed by atoms with Gasteiger partial charge in [0.05, 0.1) is 30.6 Å². The molecule has 2 aromatic carbocycles. The fourth-order valence-electron chi connectivity index (χ4n) is 4.80. The highest BCUT2D eigenvalue weighted by atomic mass is 32.1. The molecule has 2 aromatic heterocycles. The van der Waals surface area contributed by atoms with Crippen molar-refractivity contribution in [2.24, 2.45) is 0 Å². The van der Waals surface area contributed by atoms with Crippen LogP contribution in [0, 0.1) is 19.7 Å².